The molecule has 0 radical (unpaired) electrons. The quantitative estimate of drug-likeness (QED) is 0.802. The van der Waals surface area contributed by atoms with Crippen LogP contribution in [0.2, 0.25) is 0 Å². The first-order valence-electron chi connectivity index (χ1n) is 7.90. The predicted molar refractivity (Wildman–Crippen MR) is 88.4 cm³/mol. The maximum Gasteiger partial charge on any atom is 0.348 e. The first-order chi connectivity index (χ1) is 11.1. The average molecular weight is 341 g/mol. The van der Waals surface area contributed by atoms with Gasteiger partial charge >= 0.3 is 11.9 Å². The van der Waals surface area contributed by atoms with Crippen LogP contribution in [0.25, 0.3) is 0 Å². The van der Waals surface area contributed by atoms with Crippen LogP contribution < -0.4 is 5.32 Å². The lowest BCUT2D eigenvalue weighted by Gasteiger charge is -2.23. The molecule has 6 nitrogen and oxygen atoms in total. The Morgan fingerprint density at radius 1 is 1.17 bits per heavy atom. The number of carbonyl (C=O) groups excluding carboxylic acids is 2. The molecule has 0 atom stereocenters. The Bertz CT molecular complexity index is 563. The van der Waals surface area contributed by atoms with Crippen molar-refractivity contribution in [2.45, 2.75) is 39.7 Å². The summed E-state index contributed by atoms with van der Waals surface area (Å²) in [5, 5.41) is 4.05. The lowest BCUT2D eigenvalue weighted by Crippen LogP contribution is -2.28. The molecular formula is C16H23NO5S. The summed E-state index contributed by atoms with van der Waals surface area (Å²) in [5.74, 6) is -0.813. The van der Waals surface area contributed by atoms with Crippen LogP contribution in [0.15, 0.2) is 0 Å². The van der Waals surface area contributed by atoms with Crippen LogP contribution in [-0.2, 0) is 14.2 Å². The minimum absolute atomic E-state index is 0.227. The lowest BCUT2D eigenvalue weighted by atomic mass is 10.1. The van der Waals surface area contributed by atoms with E-state index in [1.807, 2.05) is 0 Å². The lowest BCUT2D eigenvalue weighted by molar-refractivity contribution is 0.0527. The zero-order chi connectivity index (χ0) is 16.8. The van der Waals surface area contributed by atoms with E-state index in [9.17, 15) is 9.59 Å². The highest BCUT2D eigenvalue weighted by molar-refractivity contribution is 7.18. The van der Waals surface area contributed by atoms with Crippen molar-refractivity contribution in [3.8, 4) is 0 Å². The molecule has 1 N–H and O–H groups in total. The Kier molecular flexibility index (Phi) is 6.41. The highest BCUT2D eigenvalue weighted by Crippen LogP contribution is 2.35. The van der Waals surface area contributed by atoms with Crippen LogP contribution in [0.5, 0.6) is 0 Å². The van der Waals surface area contributed by atoms with E-state index in [2.05, 4.69) is 5.32 Å². The Morgan fingerprint density at radius 2 is 1.78 bits per heavy atom. The summed E-state index contributed by atoms with van der Waals surface area (Å²) in [5.41, 5.74) is 1.05. The van der Waals surface area contributed by atoms with Gasteiger partial charge in [0.2, 0.25) is 0 Å². The number of carbonyl (C=O) groups is 2. The van der Waals surface area contributed by atoms with Gasteiger partial charge in [0.05, 0.1) is 18.8 Å². The second-order valence-electron chi connectivity index (χ2n) is 5.23. The van der Waals surface area contributed by atoms with Gasteiger partial charge in [0.25, 0.3) is 0 Å². The van der Waals surface area contributed by atoms with E-state index < -0.39 is 11.9 Å². The maximum atomic E-state index is 12.3. The molecule has 0 amide bonds. The molecule has 1 aromatic heterocycles. The largest absolute Gasteiger partial charge is 0.462 e. The molecule has 2 rings (SSSR count). The molecule has 1 saturated heterocycles. The third-order valence-electron chi connectivity index (χ3n) is 3.64. The van der Waals surface area contributed by atoms with Gasteiger partial charge in [-0.2, -0.15) is 0 Å². The average Bonchev–Trinajstić information content (AvgIpc) is 2.85. The third-order valence-corrected chi connectivity index (χ3v) is 4.85. The van der Waals surface area contributed by atoms with Crippen LogP contribution in [0.3, 0.4) is 0 Å². The van der Waals surface area contributed by atoms with Gasteiger partial charge in [0, 0.05) is 19.3 Å². The normalized spacial score (nSPS) is 15.3. The van der Waals surface area contributed by atoms with Crippen LogP contribution in [0, 0.1) is 6.92 Å². The topological polar surface area (TPSA) is 73.9 Å². The molecule has 0 spiro atoms. The van der Waals surface area contributed by atoms with E-state index in [0.29, 0.717) is 47.4 Å². The van der Waals surface area contributed by atoms with Crippen molar-refractivity contribution in [1.29, 1.82) is 0 Å². The monoisotopic (exact) mass is 341 g/mol. The number of ether oxygens (including phenoxy) is 3. The molecule has 128 valence electrons. The second-order valence-corrected chi connectivity index (χ2v) is 6.25. The summed E-state index contributed by atoms with van der Waals surface area (Å²) < 4.78 is 15.6. The summed E-state index contributed by atoms with van der Waals surface area (Å²) in [4.78, 5) is 24.8. The van der Waals surface area contributed by atoms with Crippen molar-refractivity contribution in [3.63, 3.8) is 0 Å². The van der Waals surface area contributed by atoms with Gasteiger partial charge in [0.15, 0.2) is 0 Å². The van der Waals surface area contributed by atoms with E-state index in [0.717, 1.165) is 12.8 Å². The van der Waals surface area contributed by atoms with Crippen molar-refractivity contribution in [2.75, 3.05) is 31.7 Å². The SMILES string of the molecule is CCOC(=O)c1sc(NC2CCOCC2)c(C(=O)OCC)c1C. The van der Waals surface area contributed by atoms with Crippen molar-refractivity contribution >= 4 is 28.3 Å². The molecule has 1 aromatic rings. The van der Waals surface area contributed by atoms with Gasteiger partial charge in [-0.15, -0.1) is 11.3 Å². The Balaban J connectivity index is 2.31. The zero-order valence-electron chi connectivity index (χ0n) is 13.8. The van der Waals surface area contributed by atoms with E-state index in [1.165, 1.54) is 11.3 Å². The Labute approximate surface area is 140 Å². The van der Waals surface area contributed by atoms with E-state index >= 15 is 0 Å². The molecule has 0 aliphatic carbocycles. The molecular weight excluding hydrogens is 318 g/mol. The van der Waals surface area contributed by atoms with Gasteiger partial charge in [-0.05, 0) is 39.2 Å². The van der Waals surface area contributed by atoms with Gasteiger partial charge in [0.1, 0.15) is 9.88 Å². The van der Waals surface area contributed by atoms with Crippen molar-refractivity contribution in [3.05, 3.63) is 16.0 Å². The number of esters is 2. The van der Waals surface area contributed by atoms with E-state index in [1.54, 1.807) is 20.8 Å². The number of anilines is 1. The molecule has 1 aliphatic heterocycles. The Morgan fingerprint density at radius 3 is 2.39 bits per heavy atom. The highest BCUT2D eigenvalue weighted by Gasteiger charge is 2.27. The molecule has 0 aromatic carbocycles. The number of thiophene rings is 1. The zero-order valence-corrected chi connectivity index (χ0v) is 14.6. The standard InChI is InChI=1S/C16H23NO5S/c1-4-21-15(18)12-10(3)13(16(19)22-5-2)23-14(12)17-11-6-8-20-9-7-11/h11,17H,4-9H2,1-3H3. The van der Waals surface area contributed by atoms with E-state index in [-0.39, 0.29) is 6.04 Å². The van der Waals surface area contributed by atoms with Gasteiger partial charge < -0.3 is 19.5 Å². The highest BCUT2D eigenvalue weighted by atomic mass is 32.1. The summed E-state index contributed by atoms with van der Waals surface area (Å²) >= 11 is 1.25. The summed E-state index contributed by atoms with van der Waals surface area (Å²) in [7, 11) is 0. The Hall–Kier alpha value is -1.60. The number of nitrogens with one attached hydrogen (secondary N) is 1. The smallest absolute Gasteiger partial charge is 0.348 e. The minimum Gasteiger partial charge on any atom is -0.462 e. The van der Waals surface area contributed by atoms with Crippen molar-refractivity contribution in [2.24, 2.45) is 0 Å². The molecule has 0 unspecified atom stereocenters. The van der Waals surface area contributed by atoms with Gasteiger partial charge in [-0.1, -0.05) is 0 Å². The van der Waals surface area contributed by atoms with Crippen LogP contribution >= 0.6 is 11.3 Å². The van der Waals surface area contributed by atoms with E-state index in [4.69, 9.17) is 14.2 Å². The fourth-order valence-electron chi connectivity index (χ4n) is 2.48. The summed E-state index contributed by atoms with van der Waals surface area (Å²) in [6, 6.07) is 0.227. The van der Waals surface area contributed by atoms with Crippen LogP contribution in [0.1, 0.15) is 52.3 Å². The first-order valence-corrected chi connectivity index (χ1v) is 8.72. The number of rotatable bonds is 6. The molecule has 1 fully saturated rings. The second kappa shape index (κ2) is 8.31. The fourth-order valence-corrected chi connectivity index (χ4v) is 3.65. The summed E-state index contributed by atoms with van der Waals surface area (Å²) in [6.07, 6.45) is 1.74. The summed E-state index contributed by atoms with van der Waals surface area (Å²) in [6.45, 7) is 7.26. The number of hydrogen-bond donors (Lipinski definition) is 1. The molecule has 23 heavy (non-hydrogen) atoms. The van der Waals surface area contributed by atoms with Gasteiger partial charge in [-0.3, -0.25) is 0 Å². The van der Waals surface area contributed by atoms with Gasteiger partial charge in [-0.25, -0.2) is 9.59 Å². The minimum atomic E-state index is -0.411. The van der Waals surface area contributed by atoms with Crippen molar-refractivity contribution in [1.82, 2.24) is 0 Å². The molecule has 0 bridgehead atoms. The van der Waals surface area contributed by atoms with Crippen LogP contribution in [0.4, 0.5) is 5.00 Å². The first kappa shape index (κ1) is 17.7. The molecule has 0 saturated carbocycles. The third kappa shape index (κ3) is 4.23. The maximum absolute atomic E-state index is 12.3. The van der Waals surface area contributed by atoms with Crippen molar-refractivity contribution < 1.29 is 23.8 Å². The molecule has 7 heteroatoms. The fraction of sp³-hybridized carbons (Fsp3) is 0.625. The number of hydrogen-bond acceptors (Lipinski definition) is 7. The van der Waals surface area contributed by atoms with Crippen LogP contribution in [-0.4, -0.2) is 44.4 Å². The predicted octanol–water partition coefficient (Wildman–Crippen LogP) is 3.00. The molecule has 1 aliphatic rings. The molecule has 2 heterocycles.